The van der Waals surface area contributed by atoms with Crippen LogP contribution in [0.1, 0.15) is 0 Å². The lowest BCUT2D eigenvalue weighted by atomic mass is 9.98. The van der Waals surface area contributed by atoms with Gasteiger partial charge >= 0.3 is 0 Å². The summed E-state index contributed by atoms with van der Waals surface area (Å²) in [4.78, 5) is 2.31. The fraction of sp³-hybridized carbons (Fsp3) is 0. The van der Waals surface area contributed by atoms with Gasteiger partial charge < -0.3 is 9.47 Å². The average Bonchev–Trinajstić information content (AvgIpc) is 3.66. The molecule has 1 heterocycles. The maximum atomic E-state index is 2.43. The molecule has 0 spiro atoms. The first-order chi connectivity index (χ1) is 28.8. The lowest BCUT2D eigenvalue weighted by molar-refractivity contribution is 1.14. The molecular formula is C56H40N2. The predicted octanol–water partition coefficient (Wildman–Crippen LogP) is 15.4. The maximum absolute atomic E-state index is 2.43. The van der Waals surface area contributed by atoms with Gasteiger partial charge in [-0.25, -0.2) is 0 Å². The molecule has 0 unspecified atom stereocenters. The van der Waals surface area contributed by atoms with E-state index in [0.29, 0.717) is 0 Å². The summed E-state index contributed by atoms with van der Waals surface area (Å²) < 4.78 is 2.43. The van der Waals surface area contributed by atoms with Gasteiger partial charge in [-0.1, -0.05) is 188 Å². The number of aromatic nitrogens is 1. The molecule has 9 aromatic carbocycles. The van der Waals surface area contributed by atoms with E-state index in [2.05, 4.69) is 252 Å². The van der Waals surface area contributed by atoms with Gasteiger partial charge in [-0.05, 0) is 99.1 Å². The summed E-state index contributed by atoms with van der Waals surface area (Å²) in [5.74, 6) is 0. The van der Waals surface area contributed by atoms with Gasteiger partial charge in [0.1, 0.15) is 0 Å². The monoisotopic (exact) mass is 740 g/mol. The molecule has 0 saturated carbocycles. The molecule has 10 aromatic rings. The average molecular weight is 741 g/mol. The Labute approximate surface area is 340 Å². The zero-order chi connectivity index (χ0) is 38.7. The number of rotatable bonds is 9. The van der Waals surface area contributed by atoms with Crippen LogP contribution in [0, 0.1) is 0 Å². The van der Waals surface area contributed by atoms with Crippen LogP contribution in [-0.4, -0.2) is 4.57 Å². The molecular weight excluding hydrogens is 701 g/mol. The van der Waals surface area contributed by atoms with E-state index in [1.165, 1.54) is 66.7 Å². The zero-order valence-electron chi connectivity index (χ0n) is 32.0. The summed E-state index contributed by atoms with van der Waals surface area (Å²) in [7, 11) is 0. The van der Waals surface area contributed by atoms with Crippen LogP contribution in [-0.2, 0) is 0 Å². The second-order valence-corrected chi connectivity index (χ2v) is 14.6. The number of hydrogen-bond acceptors (Lipinski definition) is 1. The van der Waals surface area contributed by atoms with Gasteiger partial charge in [0, 0.05) is 33.7 Å². The smallest absolute Gasteiger partial charge is 0.0619 e. The minimum absolute atomic E-state index is 1.11. The molecule has 0 fully saturated rings. The van der Waals surface area contributed by atoms with Crippen molar-refractivity contribution in [3.8, 4) is 61.5 Å². The van der Waals surface area contributed by atoms with Crippen molar-refractivity contribution in [3.63, 3.8) is 0 Å². The molecule has 0 aliphatic heterocycles. The minimum Gasteiger partial charge on any atom is -0.311 e. The van der Waals surface area contributed by atoms with Gasteiger partial charge in [-0.3, -0.25) is 0 Å². The largest absolute Gasteiger partial charge is 0.311 e. The van der Waals surface area contributed by atoms with Gasteiger partial charge in [0.25, 0.3) is 0 Å². The molecule has 1 aromatic heterocycles. The highest BCUT2D eigenvalue weighted by atomic mass is 15.1. The molecule has 0 bridgehead atoms. The third-order valence-corrected chi connectivity index (χ3v) is 11.0. The number of anilines is 3. The van der Waals surface area contributed by atoms with E-state index >= 15 is 0 Å². The van der Waals surface area contributed by atoms with E-state index in [4.69, 9.17) is 0 Å². The summed E-state index contributed by atoms with van der Waals surface area (Å²) in [6.45, 7) is 0. The quantitative estimate of drug-likeness (QED) is 0.143. The minimum atomic E-state index is 1.11. The van der Waals surface area contributed by atoms with Crippen LogP contribution in [0.15, 0.2) is 243 Å². The van der Waals surface area contributed by atoms with Gasteiger partial charge in [0.05, 0.1) is 11.2 Å². The fourth-order valence-electron chi connectivity index (χ4n) is 8.22. The van der Waals surface area contributed by atoms with Crippen molar-refractivity contribution in [1.82, 2.24) is 4.57 Å². The van der Waals surface area contributed by atoms with Crippen molar-refractivity contribution >= 4 is 28.0 Å². The Balaban J connectivity index is 0.972. The number of fused-ring (bicyclic) bond motifs is 1. The highest BCUT2D eigenvalue weighted by molar-refractivity contribution is 6.05. The number of para-hydroxylation sites is 2. The molecule has 0 saturated heterocycles. The van der Waals surface area contributed by atoms with Crippen molar-refractivity contribution in [3.05, 3.63) is 243 Å². The Kier molecular flexibility index (Phi) is 9.27. The van der Waals surface area contributed by atoms with Crippen molar-refractivity contribution in [2.45, 2.75) is 0 Å². The molecule has 0 atom stereocenters. The first-order valence-electron chi connectivity index (χ1n) is 19.8. The molecule has 0 aliphatic rings. The summed E-state index contributed by atoms with van der Waals surface area (Å²) in [6, 6.07) is 87.1. The van der Waals surface area contributed by atoms with Gasteiger partial charge in [0.2, 0.25) is 0 Å². The Morgan fingerprint density at radius 2 is 0.672 bits per heavy atom. The van der Waals surface area contributed by atoms with Crippen molar-refractivity contribution in [2.24, 2.45) is 0 Å². The molecule has 58 heavy (non-hydrogen) atoms. The Hall–Kier alpha value is -7.68. The SMILES string of the molecule is c1ccc(-c2ccc(N(c3ccccc3)c3ccc(-c4ccc(-c5cccc(-n6c(-c7ccccc7)c(-c7ccccc7)c7ccccc76)c5)cc4)cc3)cc2)cc1. The van der Waals surface area contributed by atoms with Crippen LogP contribution in [0.3, 0.4) is 0 Å². The van der Waals surface area contributed by atoms with E-state index in [1.54, 1.807) is 0 Å². The number of nitrogens with zero attached hydrogens (tertiary/aromatic N) is 2. The summed E-state index contributed by atoms with van der Waals surface area (Å²) in [6.07, 6.45) is 0. The van der Waals surface area contributed by atoms with Crippen molar-refractivity contribution in [2.75, 3.05) is 4.90 Å². The Morgan fingerprint density at radius 3 is 1.24 bits per heavy atom. The summed E-state index contributed by atoms with van der Waals surface area (Å²) in [5, 5.41) is 1.24. The third-order valence-electron chi connectivity index (χ3n) is 11.0. The van der Waals surface area contributed by atoms with Crippen LogP contribution in [0.5, 0.6) is 0 Å². The van der Waals surface area contributed by atoms with Crippen LogP contribution < -0.4 is 4.90 Å². The molecule has 2 heteroatoms. The highest BCUT2D eigenvalue weighted by Crippen LogP contribution is 2.43. The van der Waals surface area contributed by atoms with Crippen LogP contribution in [0.25, 0.3) is 72.4 Å². The third kappa shape index (κ3) is 6.67. The second kappa shape index (κ2) is 15.5. The van der Waals surface area contributed by atoms with Crippen LogP contribution in [0.4, 0.5) is 17.1 Å². The van der Waals surface area contributed by atoms with E-state index < -0.39 is 0 Å². The predicted molar refractivity (Wildman–Crippen MR) is 245 cm³/mol. The summed E-state index contributed by atoms with van der Waals surface area (Å²) in [5.41, 5.74) is 17.6. The molecule has 10 rings (SSSR count). The highest BCUT2D eigenvalue weighted by Gasteiger charge is 2.21. The molecule has 0 radical (unpaired) electrons. The first kappa shape index (κ1) is 34.8. The molecule has 274 valence electrons. The first-order valence-corrected chi connectivity index (χ1v) is 19.8. The standard InChI is InChI=1S/C56H40N2/c1-5-16-41(17-6-1)43-32-36-50(37-33-43)57(49-23-11-4-12-24-49)51-38-34-44(35-39-51)42-28-30-45(31-29-42)48-22-15-25-52(40-48)58-54-27-14-13-26-53(54)55(46-18-7-2-8-19-46)56(58)47-20-9-3-10-21-47/h1-40H. The van der Waals surface area contributed by atoms with Gasteiger partial charge in [-0.2, -0.15) is 0 Å². The molecule has 0 aliphatic carbocycles. The van der Waals surface area contributed by atoms with E-state index in [1.807, 2.05) is 0 Å². The Morgan fingerprint density at radius 1 is 0.276 bits per heavy atom. The van der Waals surface area contributed by atoms with E-state index in [9.17, 15) is 0 Å². The number of benzene rings is 9. The Bertz CT molecular complexity index is 2930. The summed E-state index contributed by atoms with van der Waals surface area (Å²) >= 11 is 0. The lowest BCUT2D eigenvalue weighted by Crippen LogP contribution is -2.09. The molecule has 0 amide bonds. The normalized spacial score (nSPS) is 11.1. The molecule has 0 N–H and O–H groups in total. The van der Waals surface area contributed by atoms with Crippen LogP contribution >= 0.6 is 0 Å². The number of hydrogen-bond donors (Lipinski definition) is 0. The lowest BCUT2D eigenvalue weighted by Gasteiger charge is -2.26. The van der Waals surface area contributed by atoms with Crippen LogP contribution in [0.2, 0.25) is 0 Å². The molecule has 2 nitrogen and oxygen atoms in total. The van der Waals surface area contributed by atoms with Crippen molar-refractivity contribution < 1.29 is 0 Å². The fourth-order valence-corrected chi connectivity index (χ4v) is 8.22. The van der Waals surface area contributed by atoms with Gasteiger partial charge in [0.15, 0.2) is 0 Å². The second-order valence-electron chi connectivity index (χ2n) is 14.6. The van der Waals surface area contributed by atoms with Gasteiger partial charge in [-0.15, -0.1) is 0 Å². The maximum Gasteiger partial charge on any atom is 0.0619 e. The van der Waals surface area contributed by atoms with E-state index in [0.717, 1.165) is 22.7 Å². The topological polar surface area (TPSA) is 8.17 Å². The van der Waals surface area contributed by atoms with E-state index in [-0.39, 0.29) is 0 Å². The zero-order valence-corrected chi connectivity index (χ0v) is 32.0. The van der Waals surface area contributed by atoms with Crippen molar-refractivity contribution in [1.29, 1.82) is 0 Å².